The Balaban J connectivity index is 2.09. The molecular weight excluding hydrogens is 234 g/mol. The maximum Gasteiger partial charge on any atom is 0.0543 e. The minimum Gasteiger partial charge on any atom is -0.317 e. The Morgan fingerprint density at radius 2 is 1.95 bits per heavy atom. The third-order valence-corrected chi connectivity index (χ3v) is 3.39. The third-order valence-electron chi connectivity index (χ3n) is 3.39. The summed E-state index contributed by atoms with van der Waals surface area (Å²) in [5.41, 5.74) is 1.18. The van der Waals surface area contributed by atoms with Gasteiger partial charge in [0, 0.05) is 12.7 Å². The van der Waals surface area contributed by atoms with Gasteiger partial charge in [-0.1, -0.05) is 32.8 Å². The first-order chi connectivity index (χ1) is 9.36. The largest absolute Gasteiger partial charge is 0.317 e. The van der Waals surface area contributed by atoms with Crippen molar-refractivity contribution in [2.75, 3.05) is 26.2 Å². The molecule has 3 heteroatoms. The van der Waals surface area contributed by atoms with E-state index < -0.39 is 0 Å². The van der Waals surface area contributed by atoms with Crippen LogP contribution in [0, 0.1) is 0 Å². The van der Waals surface area contributed by atoms with Crippen molar-refractivity contribution in [3.8, 4) is 0 Å². The fourth-order valence-corrected chi connectivity index (χ4v) is 2.19. The number of aromatic nitrogens is 1. The molecule has 0 unspecified atom stereocenters. The summed E-state index contributed by atoms with van der Waals surface area (Å²) in [5.74, 6) is 0. The van der Waals surface area contributed by atoms with E-state index in [1.807, 2.05) is 12.3 Å². The lowest BCUT2D eigenvalue weighted by molar-refractivity contribution is 0.269. The fraction of sp³-hybridized carbons (Fsp3) is 0.688. The lowest BCUT2D eigenvalue weighted by atomic mass is 10.2. The highest BCUT2D eigenvalue weighted by atomic mass is 15.1. The summed E-state index contributed by atoms with van der Waals surface area (Å²) in [6.45, 7) is 9.93. The van der Waals surface area contributed by atoms with Crippen molar-refractivity contribution in [2.45, 2.75) is 46.1 Å². The highest BCUT2D eigenvalue weighted by Gasteiger charge is 2.03. The fourth-order valence-electron chi connectivity index (χ4n) is 2.19. The van der Waals surface area contributed by atoms with Crippen LogP contribution in [0.5, 0.6) is 0 Å². The molecule has 1 aromatic heterocycles. The van der Waals surface area contributed by atoms with Crippen molar-refractivity contribution in [3.63, 3.8) is 0 Å². The third kappa shape index (κ3) is 7.96. The molecule has 0 saturated carbocycles. The maximum absolute atomic E-state index is 4.39. The Morgan fingerprint density at radius 1 is 1.11 bits per heavy atom. The number of hydrogen-bond donors (Lipinski definition) is 1. The van der Waals surface area contributed by atoms with E-state index in [1.54, 1.807) is 0 Å². The van der Waals surface area contributed by atoms with Gasteiger partial charge >= 0.3 is 0 Å². The average Bonchev–Trinajstić information content (AvgIpc) is 2.46. The predicted octanol–water partition coefficient (Wildman–Crippen LogP) is 3.07. The molecule has 0 atom stereocenters. The Kier molecular flexibility index (Phi) is 9.29. The molecule has 1 N–H and O–H groups in total. The number of unbranched alkanes of at least 4 members (excludes halogenated alkanes) is 3. The molecule has 0 aliphatic rings. The van der Waals surface area contributed by atoms with Crippen LogP contribution in [-0.4, -0.2) is 36.1 Å². The quantitative estimate of drug-likeness (QED) is 0.622. The number of rotatable bonds is 11. The molecule has 108 valence electrons. The van der Waals surface area contributed by atoms with Gasteiger partial charge < -0.3 is 5.32 Å². The first kappa shape index (κ1) is 16.1. The van der Waals surface area contributed by atoms with Gasteiger partial charge in [0.05, 0.1) is 5.69 Å². The van der Waals surface area contributed by atoms with Gasteiger partial charge in [0.25, 0.3) is 0 Å². The van der Waals surface area contributed by atoms with Crippen molar-refractivity contribution in [3.05, 3.63) is 30.1 Å². The molecular formula is C16H29N3. The van der Waals surface area contributed by atoms with Crippen LogP contribution in [-0.2, 0) is 6.54 Å². The van der Waals surface area contributed by atoms with Crippen LogP contribution in [0.2, 0.25) is 0 Å². The topological polar surface area (TPSA) is 28.2 Å². The zero-order chi connectivity index (χ0) is 13.8. The monoisotopic (exact) mass is 263 g/mol. The molecule has 3 nitrogen and oxygen atoms in total. The smallest absolute Gasteiger partial charge is 0.0543 e. The van der Waals surface area contributed by atoms with Crippen LogP contribution in [0.15, 0.2) is 24.4 Å². The average molecular weight is 263 g/mol. The van der Waals surface area contributed by atoms with Crippen molar-refractivity contribution < 1.29 is 0 Å². The van der Waals surface area contributed by atoms with Crippen molar-refractivity contribution in [1.29, 1.82) is 0 Å². The molecule has 1 rings (SSSR count). The summed E-state index contributed by atoms with van der Waals surface area (Å²) >= 11 is 0. The van der Waals surface area contributed by atoms with E-state index in [4.69, 9.17) is 0 Å². The molecule has 0 aliphatic carbocycles. The van der Waals surface area contributed by atoms with E-state index in [2.05, 4.69) is 41.2 Å². The Hall–Kier alpha value is -0.930. The van der Waals surface area contributed by atoms with E-state index >= 15 is 0 Å². The van der Waals surface area contributed by atoms with Crippen molar-refractivity contribution >= 4 is 0 Å². The molecule has 0 radical (unpaired) electrons. The molecule has 0 bridgehead atoms. The Labute approximate surface area is 118 Å². The number of pyridine rings is 1. The van der Waals surface area contributed by atoms with Crippen molar-refractivity contribution in [2.24, 2.45) is 0 Å². The first-order valence-electron chi connectivity index (χ1n) is 7.69. The van der Waals surface area contributed by atoms with E-state index in [9.17, 15) is 0 Å². The molecule has 1 aromatic rings. The summed E-state index contributed by atoms with van der Waals surface area (Å²) in [6, 6.07) is 6.15. The van der Waals surface area contributed by atoms with Crippen LogP contribution < -0.4 is 5.32 Å². The van der Waals surface area contributed by atoms with Gasteiger partial charge in [-0.3, -0.25) is 9.88 Å². The minimum atomic E-state index is 0.981. The van der Waals surface area contributed by atoms with Crippen LogP contribution in [0.3, 0.4) is 0 Å². The zero-order valence-corrected chi connectivity index (χ0v) is 12.6. The standard InChI is InChI=1S/C16H29N3/c1-3-17-12-8-5-6-10-14-19(4-2)15-16-11-7-9-13-18-16/h7,9,11,13,17H,3-6,8,10,12,14-15H2,1-2H3. The second-order valence-electron chi connectivity index (χ2n) is 4.96. The summed E-state index contributed by atoms with van der Waals surface area (Å²) < 4.78 is 0. The summed E-state index contributed by atoms with van der Waals surface area (Å²) in [7, 11) is 0. The molecule has 0 aliphatic heterocycles. The van der Waals surface area contributed by atoms with Gasteiger partial charge in [-0.05, 0) is 51.2 Å². The highest BCUT2D eigenvalue weighted by Crippen LogP contribution is 2.05. The van der Waals surface area contributed by atoms with Crippen molar-refractivity contribution in [1.82, 2.24) is 15.2 Å². The summed E-state index contributed by atoms with van der Waals surface area (Å²) in [4.78, 5) is 6.87. The molecule has 0 spiro atoms. The minimum absolute atomic E-state index is 0.981. The summed E-state index contributed by atoms with van der Waals surface area (Å²) in [5, 5.41) is 3.37. The second-order valence-corrected chi connectivity index (χ2v) is 4.96. The molecule has 0 amide bonds. The van der Waals surface area contributed by atoms with E-state index in [1.165, 1.54) is 44.5 Å². The Bertz CT molecular complexity index is 300. The number of nitrogens with one attached hydrogen (secondary N) is 1. The molecule has 19 heavy (non-hydrogen) atoms. The molecule has 0 fully saturated rings. The zero-order valence-electron chi connectivity index (χ0n) is 12.6. The van der Waals surface area contributed by atoms with Crippen LogP contribution >= 0.6 is 0 Å². The lowest BCUT2D eigenvalue weighted by Gasteiger charge is -2.19. The first-order valence-corrected chi connectivity index (χ1v) is 7.69. The van der Waals surface area contributed by atoms with Crippen LogP contribution in [0.4, 0.5) is 0 Å². The van der Waals surface area contributed by atoms with Crippen LogP contribution in [0.25, 0.3) is 0 Å². The predicted molar refractivity (Wildman–Crippen MR) is 82.2 cm³/mol. The normalized spacial score (nSPS) is 11.1. The van der Waals surface area contributed by atoms with Gasteiger partial charge in [-0.25, -0.2) is 0 Å². The second kappa shape index (κ2) is 10.9. The molecule has 0 saturated heterocycles. The SMILES string of the molecule is CCNCCCCCCN(CC)Cc1ccccn1. The van der Waals surface area contributed by atoms with Crippen LogP contribution in [0.1, 0.15) is 45.2 Å². The number of hydrogen-bond acceptors (Lipinski definition) is 3. The van der Waals surface area contributed by atoms with Gasteiger partial charge in [0.15, 0.2) is 0 Å². The maximum atomic E-state index is 4.39. The number of nitrogens with zero attached hydrogens (tertiary/aromatic N) is 2. The van der Waals surface area contributed by atoms with Gasteiger partial charge in [-0.15, -0.1) is 0 Å². The summed E-state index contributed by atoms with van der Waals surface area (Å²) in [6.07, 6.45) is 7.16. The molecule has 0 aromatic carbocycles. The van der Waals surface area contributed by atoms with E-state index in [0.29, 0.717) is 0 Å². The van der Waals surface area contributed by atoms with E-state index in [0.717, 1.165) is 19.6 Å². The van der Waals surface area contributed by atoms with Gasteiger partial charge in [0.1, 0.15) is 0 Å². The molecule has 1 heterocycles. The Morgan fingerprint density at radius 3 is 2.63 bits per heavy atom. The van der Waals surface area contributed by atoms with E-state index in [-0.39, 0.29) is 0 Å². The van der Waals surface area contributed by atoms with Gasteiger partial charge in [0.2, 0.25) is 0 Å². The van der Waals surface area contributed by atoms with Gasteiger partial charge in [-0.2, -0.15) is 0 Å². The lowest BCUT2D eigenvalue weighted by Crippen LogP contribution is -2.24. The highest BCUT2D eigenvalue weighted by molar-refractivity contribution is 5.03.